The van der Waals surface area contributed by atoms with E-state index in [0.717, 1.165) is 0 Å². The largest absolute Gasteiger partial charge is 0.387 e. The predicted molar refractivity (Wildman–Crippen MR) is 38.6 cm³/mol. The Kier molecular flexibility index (Phi) is 2.06. The lowest BCUT2D eigenvalue weighted by Gasteiger charge is -2.51. The number of methoxy groups -OCH3 is 1. The van der Waals surface area contributed by atoms with Crippen LogP contribution in [0.1, 0.15) is 0 Å². The summed E-state index contributed by atoms with van der Waals surface area (Å²) in [5.41, 5.74) is 0. The molecule has 3 fully saturated rings. The van der Waals surface area contributed by atoms with E-state index in [2.05, 4.69) is 0 Å². The van der Waals surface area contributed by atoms with Crippen molar-refractivity contribution in [1.82, 2.24) is 0 Å². The summed E-state index contributed by atoms with van der Waals surface area (Å²) in [5, 5.41) is 28.6. The van der Waals surface area contributed by atoms with E-state index in [-0.39, 0.29) is 6.61 Å². The van der Waals surface area contributed by atoms with E-state index < -0.39 is 30.4 Å². The lowest BCUT2D eigenvalue weighted by Crippen LogP contribution is -2.73. The fourth-order valence-electron chi connectivity index (χ4n) is 1.66. The molecule has 3 aliphatic heterocycles. The van der Waals surface area contributed by atoms with Crippen molar-refractivity contribution in [3.8, 4) is 0 Å². The fraction of sp³-hybridized carbons (Fsp3) is 1.00. The minimum absolute atomic E-state index is 0.0502. The molecule has 3 rings (SSSR count). The zero-order valence-electron chi connectivity index (χ0n) is 7.08. The highest BCUT2D eigenvalue weighted by molar-refractivity contribution is 4.99. The lowest BCUT2D eigenvalue weighted by atomic mass is 9.93. The second-order valence-corrected chi connectivity index (χ2v) is 3.24. The first-order valence-electron chi connectivity index (χ1n) is 4.00. The van der Waals surface area contributed by atoms with Gasteiger partial charge in [-0.3, -0.25) is 0 Å². The molecule has 0 saturated carbocycles. The van der Waals surface area contributed by atoms with Gasteiger partial charge in [0.25, 0.3) is 0 Å². The van der Waals surface area contributed by atoms with Crippen molar-refractivity contribution < 1.29 is 29.5 Å². The quantitative estimate of drug-likeness (QED) is 0.437. The van der Waals surface area contributed by atoms with Gasteiger partial charge in [0.2, 0.25) is 12.1 Å². The van der Waals surface area contributed by atoms with Gasteiger partial charge in [0.05, 0.1) is 6.61 Å². The maximum Gasteiger partial charge on any atom is 0.247 e. The van der Waals surface area contributed by atoms with Gasteiger partial charge in [-0.25, -0.2) is 0 Å². The van der Waals surface area contributed by atoms with E-state index in [1.807, 2.05) is 0 Å². The van der Waals surface area contributed by atoms with Crippen molar-refractivity contribution in [3.63, 3.8) is 0 Å². The molecule has 0 radical (unpaired) electrons. The minimum atomic E-state index is -1.96. The highest BCUT2D eigenvalue weighted by Gasteiger charge is 2.60. The topological polar surface area (TPSA) is 88.4 Å². The van der Waals surface area contributed by atoms with Crippen molar-refractivity contribution in [2.75, 3.05) is 13.7 Å². The number of aliphatic hydroxyl groups is 3. The molecule has 3 saturated heterocycles. The standard InChI is InChI=1S/C7H12O6/c1-11-6-7(10)5(9)4(8)3(13-6)2-12-7/h3-6,8-10H,2H2,1H3/t3-,4+,5-,6+,7+/m1/s1. The van der Waals surface area contributed by atoms with Crippen LogP contribution < -0.4 is 0 Å². The van der Waals surface area contributed by atoms with Crippen LogP contribution in [0.15, 0.2) is 0 Å². The average Bonchev–Trinajstić information content (AvgIpc) is 2.14. The number of hydrogen-bond donors (Lipinski definition) is 3. The van der Waals surface area contributed by atoms with Crippen molar-refractivity contribution in [2.45, 2.75) is 30.4 Å². The van der Waals surface area contributed by atoms with Gasteiger partial charge in [0.15, 0.2) is 0 Å². The molecule has 6 nitrogen and oxygen atoms in total. The van der Waals surface area contributed by atoms with Crippen molar-refractivity contribution in [2.24, 2.45) is 0 Å². The van der Waals surface area contributed by atoms with Crippen LogP contribution in [0.2, 0.25) is 0 Å². The van der Waals surface area contributed by atoms with E-state index in [4.69, 9.17) is 14.2 Å². The van der Waals surface area contributed by atoms with E-state index in [9.17, 15) is 15.3 Å². The van der Waals surface area contributed by atoms with Crippen molar-refractivity contribution in [3.05, 3.63) is 0 Å². The van der Waals surface area contributed by atoms with Gasteiger partial charge in [0, 0.05) is 7.11 Å². The molecule has 0 aromatic carbocycles. The number of ether oxygens (including phenoxy) is 3. The Hall–Kier alpha value is -0.240. The molecule has 3 heterocycles. The summed E-state index contributed by atoms with van der Waals surface area (Å²) in [6.07, 6.45) is -4.23. The Balaban J connectivity index is 2.25. The molecule has 0 aliphatic carbocycles. The number of aliphatic hydroxyl groups excluding tert-OH is 2. The summed E-state index contributed by atoms with van der Waals surface area (Å²) >= 11 is 0. The fourth-order valence-corrected chi connectivity index (χ4v) is 1.66. The molecular formula is C7H12O6. The average molecular weight is 192 g/mol. The number of hydrogen-bond acceptors (Lipinski definition) is 6. The minimum Gasteiger partial charge on any atom is -0.387 e. The molecule has 0 unspecified atom stereocenters. The molecule has 0 amide bonds. The van der Waals surface area contributed by atoms with Gasteiger partial charge in [-0.2, -0.15) is 0 Å². The van der Waals surface area contributed by atoms with Crippen LogP contribution in [-0.4, -0.2) is 59.4 Å². The summed E-state index contributed by atoms with van der Waals surface area (Å²) in [7, 11) is 1.33. The van der Waals surface area contributed by atoms with Crippen LogP contribution >= 0.6 is 0 Å². The highest BCUT2D eigenvalue weighted by atomic mass is 16.8. The van der Waals surface area contributed by atoms with E-state index in [1.54, 1.807) is 0 Å². The third-order valence-electron chi connectivity index (χ3n) is 2.46. The third-order valence-corrected chi connectivity index (χ3v) is 2.46. The molecular weight excluding hydrogens is 180 g/mol. The monoisotopic (exact) mass is 192 g/mol. The van der Waals surface area contributed by atoms with Crippen LogP contribution in [0.4, 0.5) is 0 Å². The molecule has 3 aliphatic rings. The van der Waals surface area contributed by atoms with Crippen LogP contribution in [0.3, 0.4) is 0 Å². The molecule has 0 aromatic rings. The Morgan fingerprint density at radius 2 is 2.15 bits per heavy atom. The van der Waals surface area contributed by atoms with Gasteiger partial charge in [-0.05, 0) is 0 Å². The van der Waals surface area contributed by atoms with E-state index in [1.165, 1.54) is 7.11 Å². The molecule has 5 atom stereocenters. The van der Waals surface area contributed by atoms with Crippen LogP contribution in [0.5, 0.6) is 0 Å². The molecule has 0 spiro atoms. The summed E-state index contributed by atoms with van der Waals surface area (Å²) in [6, 6.07) is 0. The van der Waals surface area contributed by atoms with Crippen LogP contribution in [-0.2, 0) is 14.2 Å². The van der Waals surface area contributed by atoms with Crippen LogP contribution in [0.25, 0.3) is 0 Å². The van der Waals surface area contributed by atoms with Crippen molar-refractivity contribution in [1.29, 1.82) is 0 Å². The van der Waals surface area contributed by atoms with E-state index in [0.29, 0.717) is 0 Å². The maximum atomic E-state index is 9.73. The van der Waals surface area contributed by atoms with E-state index >= 15 is 0 Å². The summed E-state index contributed by atoms with van der Waals surface area (Å²) in [5.74, 6) is -1.96. The third kappa shape index (κ3) is 1.11. The van der Waals surface area contributed by atoms with Gasteiger partial charge in [0.1, 0.15) is 18.3 Å². The Morgan fingerprint density at radius 3 is 2.77 bits per heavy atom. The highest BCUT2D eigenvalue weighted by Crippen LogP contribution is 2.36. The first kappa shape index (κ1) is 9.32. The van der Waals surface area contributed by atoms with Gasteiger partial charge in [-0.15, -0.1) is 0 Å². The first-order valence-corrected chi connectivity index (χ1v) is 4.00. The molecule has 3 N–H and O–H groups in total. The normalized spacial score (nSPS) is 55.4. The van der Waals surface area contributed by atoms with Gasteiger partial charge < -0.3 is 29.5 Å². The molecule has 2 bridgehead atoms. The van der Waals surface area contributed by atoms with Gasteiger partial charge >= 0.3 is 0 Å². The summed E-state index contributed by atoms with van der Waals surface area (Å²) < 4.78 is 14.8. The Bertz CT molecular complexity index is 205. The van der Waals surface area contributed by atoms with Gasteiger partial charge in [-0.1, -0.05) is 0 Å². The predicted octanol–water partition coefficient (Wildman–Crippen LogP) is -2.20. The molecule has 6 heteroatoms. The second kappa shape index (κ2) is 2.88. The SMILES string of the molecule is CO[C@H]1O[C@@H]2CO[C@@]1(O)[C@H](O)[C@H]2O. The number of rotatable bonds is 1. The molecule has 76 valence electrons. The smallest absolute Gasteiger partial charge is 0.247 e. The van der Waals surface area contributed by atoms with Crippen molar-refractivity contribution >= 4 is 0 Å². The Morgan fingerprint density at radius 1 is 1.46 bits per heavy atom. The maximum absolute atomic E-state index is 9.73. The summed E-state index contributed by atoms with van der Waals surface area (Å²) in [4.78, 5) is 0. The number of fused-ring (bicyclic) bond motifs is 3. The first-order chi connectivity index (χ1) is 6.09. The zero-order valence-corrected chi connectivity index (χ0v) is 7.08. The zero-order chi connectivity index (χ0) is 9.64. The lowest BCUT2D eigenvalue weighted by molar-refractivity contribution is -0.453. The Labute approximate surface area is 74.6 Å². The molecule has 13 heavy (non-hydrogen) atoms. The second-order valence-electron chi connectivity index (χ2n) is 3.24. The molecule has 0 aromatic heterocycles. The van der Waals surface area contributed by atoms with Crippen LogP contribution in [0, 0.1) is 0 Å². The summed E-state index contributed by atoms with van der Waals surface area (Å²) in [6.45, 7) is 0.0502.